The van der Waals surface area contributed by atoms with E-state index < -0.39 is 22.0 Å². The average molecular weight is 611 g/mol. The van der Waals surface area contributed by atoms with E-state index in [9.17, 15) is 5.11 Å². The Labute approximate surface area is 279 Å². The summed E-state index contributed by atoms with van der Waals surface area (Å²) in [6, 6.07) is 55.9. The molecule has 0 fully saturated rings. The van der Waals surface area contributed by atoms with Crippen molar-refractivity contribution in [1.29, 1.82) is 0 Å². The molecular weight excluding hydrogens is 571 g/mol. The number of aliphatic hydroxyl groups is 1. The number of rotatable bonds is 6. The second-order valence-corrected chi connectivity index (χ2v) is 14.1. The van der Waals surface area contributed by atoms with E-state index in [0.717, 1.165) is 5.46 Å². The number of hydrogen-bond acceptors (Lipinski definition) is 2. The van der Waals surface area contributed by atoms with Crippen molar-refractivity contribution in [1.82, 2.24) is 0 Å². The third kappa shape index (κ3) is 4.06. The lowest BCUT2D eigenvalue weighted by Gasteiger charge is -2.50. The summed E-state index contributed by atoms with van der Waals surface area (Å²) >= 11 is 0. The molecule has 0 amide bonds. The first-order valence-electron chi connectivity index (χ1n) is 16.6. The predicted molar refractivity (Wildman–Crippen MR) is 194 cm³/mol. The SMILES string of the molecule is CC(C)(O)C(C)(C)OBc1cccc2c1-c1ccccc1C21c2ccccc2C(c2ccccc2)(c2ccccc2)c2ccccc21. The van der Waals surface area contributed by atoms with Crippen LogP contribution in [-0.2, 0) is 15.5 Å². The third-order valence-electron chi connectivity index (χ3n) is 11.1. The van der Waals surface area contributed by atoms with Gasteiger partial charge < -0.3 is 9.76 Å². The van der Waals surface area contributed by atoms with E-state index in [-0.39, 0.29) is 0 Å². The van der Waals surface area contributed by atoms with E-state index in [1.165, 1.54) is 55.6 Å². The predicted octanol–water partition coefficient (Wildman–Crippen LogP) is 8.29. The van der Waals surface area contributed by atoms with Crippen LogP contribution in [0.5, 0.6) is 0 Å². The van der Waals surface area contributed by atoms with Crippen LogP contribution in [0.15, 0.2) is 152 Å². The lowest BCUT2D eigenvalue weighted by Crippen LogP contribution is -2.49. The fourth-order valence-electron chi connectivity index (χ4n) is 8.27. The van der Waals surface area contributed by atoms with Crippen molar-refractivity contribution in [2.45, 2.75) is 49.7 Å². The van der Waals surface area contributed by atoms with E-state index in [4.69, 9.17) is 4.65 Å². The van der Waals surface area contributed by atoms with Gasteiger partial charge in [0.15, 0.2) is 0 Å². The van der Waals surface area contributed by atoms with Gasteiger partial charge in [-0.2, -0.15) is 0 Å². The number of hydrogen-bond donors (Lipinski definition) is 1. The molecule has 1 spiro atoms. The fraction of sp³-hybridized carbons (Fsp3) is 0.182. The molecule has 0 unspecified atom stereocenters. The molecule has 2 aliphatic rings. The van der Waals surface area contributed by atoms with Crippen molar-refractivity contribution in [2.24, 2.45) is 0 Å². The smallest absolute Gasteiger partial charge is 0.310 e. The van der Waals surface area contributed by atoms with Gasteiger partial charge in [-0.3, -0.25) is 0 Å². The monoisotopic (exact) mass is 610 g/mol. The molecule has 0 saturated heterocycles. The summed E-state index contributed by atoms with van der Waals surface area (Å²) < 4.78 is 6.53. The Morgan fingerprint density at radius 3 is 1.40 bits per heavy atom. The van der Waals surface area contributed by atoms with Crippen LogP contribution in [0.25, 0.3) is 11.1 Å². The maximum absolute atomic E-state index is 10.9. The van der Waals surface area contributed by atoms with E-state index in [1.807, 2.05) is 27.7 Å². The quantitative estimate of drug-likeness (QED) is 0.192. The summed E-state index contributed by atoms with van der Waals surface area (Å²) in [7, 11) is 0.395. The second-order valence-electron chi connectivity index (χ2n) is 14.1. The molecule has 2 aliphatic carbocycles. The maximum atomic E-state index is 10.9. The van der Waals surface area contributed by atoms with Gasteiger partial charge in [-0.1, -0.05) is 152 Å². The summed E-state index contributed by atoms with van der Waals surface area (Å²) in [5.41, 5.74) is 11.1. The normalized spacial score (nSPS) is 15.3. The minimum atomic E-state index is -0.996. The second kappa shape index (κ2) is 10.7. The molecule has 2 nitrogen and oxygen atoms in total. The molecule has 230 valence electrons. The molecule has 0 bridgehead atoms. The molecular formula is C44H39BO2. The van der Waals surface area contributed by atoms with Gasteiger partial charge in [-0.05, 0) is 88.8 Å². The van der Waals surface area contributed by atoms with Crippen LogP contribution in [0, 0.1) is 0 Å². The lowest BCUT2D eigenvalue weighted by molar-refractivity contribution is -0.0893. The largest absolute Gasteiger partial charge is 0.427 e. The zero-order chi connectivity index (χ0) is 32.4. The Morgan fingerprint density at radius 1 is 0.468 bits per heavy atom. The Balaban J connectivity index is 1.48. The molecule has 0 radical (unpaired) electrons. The van der Waals surface area contributed by atoms with Gasteiger partial charge in [-0.15, -0.1) is 0 Å². The van der Waals surface area contributed by atoms with E-state index in [1.54, 1.807) is 0 Å². The van der Waals surface area contributed by atoms with Gasteiger partial charge in [0, 0.05) is 0 Å². The topological polar surface area (TPSA) is 29.5 Å². The van der Waals surface area contributed by atoms with Gasteiger partial charge in [-0.25, -0.2) is 0 Å². The van der Waals surface area contributed by atoms with Crippen LogP contribution in [0.4, 0.5) is 0 Å². The van der Waals surface area contributed by atoms with Crippen molar-refractivity contribution in [3.05, 3.63) is 196 Å². The van der Waals surface area contributed by atoms with E-state index in [2.05, 4.69) is 152 Å². The summed E-state index contributed by atoms with van der Waals surface area (Å²) in [6.07, 6.45) is 0. The van der Waals surface area contributed by atoms with Crippen molar-refractivity contribution in [3.63, 3.8) is 0 Å². The maximum Gasteiger partial charge on any atom is 0.310 e. The molecule has 0 aliphatic heterocycles. The van der Waals surface area contributed by atoms with Crippen LogP contribution in [0.3, 0.4) is 0 Å². The average Bonchev–Trinajstić information content (AvgIpc) is 3.40. The highest BCUT2D eigenvalue weighted by atomic mass is 16.5. The van der Waals surface area contributed by atoms with Gasteiger partial charge in [0.05, 0.1) is 22.0 Å². The van der Waals surface area contributed by atoms with Crippen molar-refractivity contribution < 1.29 is 9.76 Å². The first-order valence-corrected chi connectivity index (χ1v) is 16.6. The molecule has 0 saturated carbocycles. The summed E-state index contributed by atoms with van der Waals surface area (Å²) in [5.74, 6) is 0. The fourth-order valence-corrected chi connectivity index (χ4v) is 8.27. The lowest BCUT2D eigenvalue weighted by atomic mass is 9.51. The first-order chi connectivity index (χ1) is 22.7. The standard InChI is InChI=1S/C44H39BO2/c1-41(2,46)42(3,4)47-45-39-29-17-28-38-40(39)32-22-11-12-23-33(32)44(38)36-26-15-13-24-34(36)43(30-18-7-5-8-19-30,31-20-9-6-10-21-31)35-25-14-16-27-37(35)44/h5-29,45-46H,1-4H3. The molecule has 1 N–H and O–H groups in total. The summed E-state index contributed by atoms with van der Waals surface area (Å²) in [6.45, 7) is 7.56. The van der Waals surface area contributed by atoms with Crippen LogP contribution in [0.1, 0.15) is 72.2 Å². The van der Waals surface area contributed by atoms with Crippen molar-refractivity contribution in [3.8, 4) is 11.1 Å². The summed E-state index contributed by atoms with van der Waals surface area (Å²) in [4.78, 5) is 0. The van der Waals surface area contributed by atoms with Gasteiger partial charge in [0.2, 0.25) is 0 Å². The van der Waals surface area contributed by atoms with Crippen molar-refractivity contribution >= 4 is 12.9 Å². The Kier molecular flexibility index (Phi) is 6.74. The number of fused-ring (bicyclic) bond motifs is 9. The molecule has 3 heteroatoms. The molecule has 6 aromatic rings. The number of benzene rings is 6. The van der Waals surface area contributed by atoms with Crippen LogP contribution < -0.4 is 5.46 Å². The zero-order valence-corrected chi connectivity index (χ0v) is 27.5. The minimum Gasteiger partial charge on any atom is -0.427 e. The van der Waals surface area contributed by atoms with E-state index >= 15 is 0 Å². The highest BCUT2D eigenvalue weighted by Crippen LogP contribution is 2.64. The van der Waals surface area contributed by atoms with Crippen molar-refractivity contribution in [2.75, 3.05) is 0 Å². The third-order valence-corrected chi connectivity index (χ3v) is 11.1. The van der Waals surface area contributed by atoms with Crippen LogP contribution >= 0.6 is 0 Å². The Hall–Kier alpha value is -4.70. The van der Waals surface area contributed by atoms with Gasteiger partial charge >= 0.3 is 7.48 Å². The zero-order valence-electron chi connectivity index (χ0n) is 27.5. The molecule has 0 heterocycles. The van der Waals surface area contributed by atoms with Gasteiger partial charge in [0.25, 0.3) is 0 Å². The highest BCUT2D eigenvalue weighted by Gasteiger charge is 2.56. The molecule has 8 rings (SSSR count). The molecule has 0 aromatic heterocycles. The molecule has 0 atom stereocenters. The Morgan fingerprint density at radius 2 is 0.894 bits per heavy atom. The Bertz CT molecular complexity index is 2020. The highest BCUT2D eigenvalue weighted by molar-refractivity contribution is 6.50. The minimum absolute atomic E-state index is 0.395. The molecule has 6 aromatic carbocycles. The van der Waals surface area contributed by atoms with E-state index in [0.29, 0.717) is 7.48 Å². The molecule has 47 heavy (non-hydrogen) atoms. The first kappa shape index (κ1) is 29.7. The van der Waals surface area contributed by atoms with Gasteiger partial charge in [0.1, 0.15) is 0 Å². The summed E-state index contributed by atoms with van der Waals surface area (Å²) in [5, 5.41) is 10.9. The van der Waals surface area contributed by atoms with Crippen LogP contribution in [0.2, 0.25) is 0 Å². The van der Waals surface area contributed by atoms with Crippen LogP contribution in [-0.4, -0.2) is 23.8 Å².